The van der Waals surface area contributed by atoms with Crippen molar-refractivity contribution in [3.05, 3.63) is 29.3 Å². The van der Waals surface area contributed by atoms with Crippen LogP contribution in [0.25, 0.3) is 0 Å². The van der Waals surface area contributed by atoms with Gasteiger partial charge in [-0.1, -0.05) is 32.0 Å². The molecule has 0 radical (unpaired) electrons. The average molecular weight is 257 g/mol. The van der Waals surface area contributed by atoms with E-state index in [1.807, 2.05) is 25.1 Å². The molecule has 0 saturated heterocycles. The van der Waals surface area contributed by atoms with Gasteiger partial charge in [-0.25, -0.2) is 0 Å². The Labute approximate surface area is 109 Å². The summed E-state index contributed by atoms with van der Waals surface area (Å²) in [4.78, 5) is 0. The topological polar surface area (TPSA) is 18.5 Å². The van der Waals surface area contributed by atoms with Crippen LogP contribution in [0.15, 0.2) is 18.2 Å². The second-order valence-electron chi connectivity index (χ2n) is 4.51. The van der Waals surface area contributed by atoms with Crippen molar-refractivity contribution >= 4 is 11.6 Å². The van der Waals surface area contributed by atoms with E-state index in [0.29, 0.717) is 25.0 Å². The van der Waals surface area contributed by atoms with Crippen molar-refractivity contribution in [2.75, 3.05) is 19.8 Å². The molecule has 0 bridgehead atoms. The average Bonchev–Trinajstić information content (AvgIpc) is 2.30. The van der Waals surface area contributed by atoms with Crippen molar-refractivity contribution in [3.63, 3.8) is 0 Å². The number of hydrogen-bond donors (Lipinski definition) is 0. The normalized spacial score (nSPS) is 10.9. The predicted octanol–water partition coefficient (Wildman–Crippen LogP) is 3.79. The van der Waals surface area contributed by atoms with Crippen molar-refractivity contribution in [2.24, 2.45) is 5.92 Å². The second-order valence-corrected chi connectivity index (χ2v) is 4.78. The van der Waals surface area contributed by atoms with Crippen LogP contribution in [0.3, 0.4) is 0 Å². The SMILES string of the molecule is Cc1cccc(CCl)c1OCCOCC(C)C. The summed E-state index contributed by atoms with van der Waals surface area (Å²) >= 11 is 5.87. The van der Waals surface area contributed by atoms with E-state index < -0.39 is 0 Å². The largest absolute Gasteiger partial charge is 0.491 e. The van der Waals surface area contributed by atoms with E-state index in [9.17, 15) is 0 Å². The Morgan fingerprint density at radius 2 is 2.00 bits per heavy atom. The molecule has 3 heteroatoms. The number of benzene rings is 1. The third-order valence-electron chi connectivity index (χ3n) is 2.36. The molecule has 1 rings (SSSR count). The van der Waals surface area contributed by atoms with Gasteiger partial charge in [-0.15, -0.1) is 11.6 Å². The minimum atomic E-state index is 0.476. The number of aryl methyl sites for hydroxylation is 1. The van der Waals surface area contributed by atoms with Gasteiger partial charge in [0.2, 0.25) is 0 Å². The Kier molecular flexibility index (Phi) is 6.38. The van der Waals surface area contributed by atoms with Crippen molar-refractivity contribution < 1.29 is 9.47 Å². The van der Waals surface area contributed by atoms with Gasteiger partial charge >= 0.3 is 0 Å². The summed E-state index contributed by atoms with van der Waals surface area (Å²) in [6.45, 7) is 8.26. The summed E-state index contributed by atoms with van der Waals surface area (Å²) < 4.78 is 11.2. The van der Waals surface area contributed by atoms with E-state index in [-0.39, 0.29) is 0 Å². The van der Waals surface area contributed by atoms with Crippen LogP contribution in [0.2, 0.25) is 0 Å². The predicted molar refractivity (Wildman–Crippen MR) is 71.9 cm³/mol. The lowest BCUT2D eigenvalue weighted by atomic mass is 10.1. The molecule has 0 atom stereocenters. The van der Waals surface area contributed by atoms with Crippen LogP contribution in [0.5, 0.6) is 5.75 Å². The molecule has 1 aromatic rings. The van der Waals surface area contributed by atoms with Crippen molar-refractivity contribution in [1.82, 2.24) is 0 Å². The number of halogens is 1. The molecule has 0 aliphatic rings. The quantitative estimate of drug-likeness (QED) is 0.546. The van der Waals surface area contributed by atoms with Gasteiger partial charge in [-0.05, 0) is 18.4 Å². The van der Waals surface area contributed by atoms with Gasteiger partial charge in [0.05, 0.1) is 12.5 Å². The molecule has 0 N–H and O–H groups in total. The highest BCUT2D eigenvalue weighted by Gasteiger charge is 2.05. The molecular weight excluding hydrogens is 236 g/mol. The first-order valence-electron chi connectivity index (χ1n) is 6.00. The number of hydrogen-bond acceptors (Lipinski definition) is 2. The van der Waals surface area contributed by atoms with Gasteiger partial charge in [0, 0.05) is 12.2 Å². The Morgan fingerprint density at radius 3 is 2.65 bits per heavy atom. The van der Waals surface area contributed by atoms with Gasteiger partial charge in [0.15, 0.2) is 0 Å². The van der Waals surface area contributed by atoms with Crippen LogP contribution >= 0.6 is 11.6 Å². The lowest BCUT2D eigenvalue weighted by Crippen LogP contribution is -2.11. The summed E-state index contributed by atoms with van der Waals surface area (Å²) in [5.41, 5.74) is 2.16. The third-order valence-corrected chi connectivity index (χ3v) is 2.65. The van der Waals surface area contributed by atoms with Gasteiger partial charge in [-0.2, -0.15) is 0 Å². The third kappa shape index (κ3) is 4.97. The van der Waals surface area contributed by atoms with Gasteiger partial charge < -0.3 is 9.47 Å². The van der Waals surface area contributed by atoms with E-state index in [1.54, 1.807) is 0 Å². The van der Waals surface area contributed by atoms with Crippen LogP contribution in [-0.2, 0) is 10.6 Å². The molecule has 0 heterocycles. The fourth-order valence-corrected chi connectivity index (χ4v) is 1.76. The molecule has 0 saturated carbocycles. The minimum Gasteiger partial charge on any atom is -0.491 e. The van der Waals surface area contributed by atoms with Crippen LogP contribution in [0, 0.1) is 12.8 Å². The molecule has 1 aromatic carbocycles. The zero-order valence-corrected chi connectivity index (χ0v) is 11.6. The van der Waals surface area contributed by atoms with E-state index in [0.717, 1.165) is 23.5 Å². The van der Waals surface area contributed by atoms with Crippen molar-refractivity contribution in [1.29, 1.82) is 0 Å². The molecule has 2 nitrogen and oxygen atoms in total. The fraction of sp³-hybridized carbons (Fsp3) is 0.571. The highest BCUT2D eigenvalue weighted by molar-refractivity contribution is 6.17. The summed E-state index contributed by atoms with van der Waals surface area (Å²) in [7, 11) is 0. The molecule has 0 aliphatic heterocycles. The van der Waals surface area contributed by atoms with E-state index >= 15 is 0 Å². The van der Waals surface area contributed by atoms with Gasteiger partial charge in [-0.3, -0.25) is 0 Å². The number of para-hydroxylation sites is 1. The molecule has 0 amide bonds. The molecule has 0 aromatic heterocycles. The minimum absolute atomic E-state index is 0.476. The molecule has 0 fully saturated rings. The van der Waals surface area contributed by atoms with Gasteiger partial charge in [0.1, 0.15) is 12.4 Å². The van der Waals surface area contributed by atoms with E-state index in [4.69, 9.17) is 21.1 Å². The lowest BCUT2D eigenvalue weighted by Gasteiger charge is -2.13. The van der Waals surface area contributed by atoms with Crippen LogP contribution in [0.1, 0.15) is 25.0 Å². The Balaban J connectivity index is 2.40. The molecular formula is C14H21ClO2. The highest BCUT2D eigenvalue weighted by Crippen LogP contribution is 2.24. The number of ether oxygens (including phenoxy) is 2. The van der Waals surface area contributed by atoms with Crippen LogP contribution < -0.4 is 4.74 Å². The standard InChI is InChI=1S/C14H21ClO2/c1-11(2)10-16-7-8-17-14-12(3)5-4-6-13(14)9-15/h4-6,11H,7-10H2,1-3H3. The Bertz CT molecular complexity index is 337. The highest BCUT2D eigenvalue weighted by atomic mass is 35.5. The zero-order valence-electron chi connectivity index (χ0n) is 10.8. The summed E-state index contributed by atoms with van der Waals surface area (Å²) in [5.74, 6) is 1.94. The summed E-state index contributed by atoms with van der Waals surface area (Å²) in [5, 5.41) is 0. The number of alkyl halides is 1. The van der Waals surface area contributed by atoms with Crippen molar-refractivity contribution in [2.45, 2.75) is 26.7 Å². The maximum atomic E-state index is 5.87. The van der Waals surface area contributed by atoms with Gasteiger partial charge in [0.25, 0.3) is 0 Å². The van der Waals surface area contributed by atoms with Crippen molar-refractivity contribution in [3.8, 4) is 5.75 Å². The summed E-state index contributed by atoms with van der Waals surface area (Å²) in [6, 6.07) is 6.01. The first-order valence-corrected chi connectivity index (χ1v) is 6.53. The zero-order chi connectivity index (χ0) is 12.7. The first kappa shape index (κ1) is 14.3. The smallest absolute Gasteiger partial charge is 0.126 e. The molecule has 0 spiro atoms. The molecule has 96 valence electrons. The molecule has 17 heavy (non-hydrogen) atoms. The molecule has 0 aliphatic carbocycles. The second kappa shape index (κ2) is 7.57. The Hall–Kier alpha value is -0.730. The first-order chi connectivity index (χ1) is 8.15. The molecule has 0 unspecified atom stereocenters. The van der Waals surface area contributed by atoms with Crippen LogP contribution in [0.4, 0.5) is 0 Å². The van der Waals surface area contributed by atoms with E-state index in [1.165, 1.54) is 0 Å². The fourth-order valence-electron chi connectivity index (χ4n) is 1.55. The maximum Gasteiger partial charge on any atom is 0.126 e. The maximum absolute atomic E-state index is 5.87. The monoisotopic (exact) mass is 256 g/mol. The van der Waals surface area contributed by atoms with E-state index in [2.05, 4.69) is 13.8 Å². The Morgan fingerprint density at radius 1 is 1.24 bits per heavy atom. The summed E-state index contributed by atoms with van der Waals surface area (Å²) in [6.07, 6.45) is 0. The number of rotatable bonds is 7. The van der Waals surface area contributed by atoms with Crippen LogP contribution in [-0.4, -0.2) is 19.8 Å². The lowest BCUT2D eigenvalue weighted by molar-refractivity contribution is 0.0815.